The molecule has 0 aliphatic rings. The molecule has 3 aromatic heterocycles. The molecule has 28 heavy (non-hydrogen) atoms. The van der Waals surface area contributed by atoms with Crippen LogP contribution in [0, 0.1) is 11.3 Å². The highest BCUT2D eigenvalue weighted by molar-refractivity contribution is 7.20. The molecule has 0 bridgehead atoms. The Morgan fingerprint density at radius 2 is 1.86 bits per heavy atom. The number of nitrogens with zero attached hydrogens (tertiary/aromatic N) is 2. The van der Waals surface area contributed by atoms with Crippen molar-refractivity contribution in [3.8, 4) is 28.7 Å². The van der Waals surface area contributed by atoms with E-state index in [1.165, 1.54) is 11.3 Å². The van der Waals surface area contributed by atoms with Crippen LogP contribution < -0.4 is 5.73 Å². The molecule has 0 aliphatic carbocycles. The van der Waals surface area contributed by atoms with E-state index in [9.17, 15) is 5.26 Å². The molecule has 5 aromatic rings. The summed E-state index contributed by atoms with van der Waals surface area (Å²) in [4.78, 5) is 5.90. The summed E-state index contributed by atoms with van der Waals surface area (Å²) < 4.78 is 6.00. The molecule has 134 valence electrons. The van der Waals surface area contributed by atoms with Gasteiger partial charge in [-0.1, -0.05) is 41.9 Å². The van der Waals surface area contributed by atoms with E-state index in [0.717, 1.165) is 27.5 Å². The first-order valence-corrected chi connectivity index (χ1v) is 9.71. The van der Waals surface area contributed by atoms with E-state index in [2.05, 4.69) is 6.07 Å². The Morgan fingerprint density at radius 1 is 1.07 bits per heavy atom. The topological polar surface area (TPSA) is 75.8 Å². The second-order valence-electron chi connectivity index (χ2n) is 6.35. The predicted octanol–water partition coefficient (Wildman–Crippen LogP) is 6.48. The number of pyridine rings is 1. The molecule has 0 saturated carbocycles. The summed E-state index contributed by atoms with van der Waals surface area (Å²) in [6, 6.07) is 21.4. The average Bonchev–Trinajstić information content (AvgIpc) is 3.29. The molecule has 5 rings (SSSR count). The number of anilines is 1. The van der Waals surface area contributed by atoms with E-state index in [0.29, 0.717) is 31.9 Å². The van der Waals surface area contributed by atoms with Gasteiger partial charge in [-0.05, 0) is 41.5 Å². The monoisotopic (exact) mass is 401 g/mol. The van der Waals surface area contributed by atoms with Crippen molar-refractivity contribution in [2.75, 3.05) is 5.73 Å². The maximum absolute atomic E-state index is 9.42. The maximum Gasteiger partial charge on any atom is 0.153 e. The quantitative estimate of drug-likeness (QED) is 0.367. The fraction of sp³-hybridized carbons (Fsp3) is 0. The van der Waals surface area contributed by atoms with Crippen LogP contribution in [0.4, 0.5) is 5.69 Å². The Balaban J connectivity index is 1.81. The van der Waals surface area contributed by atoms with Crippen LogP contribution in [0.5, 0.6) is 0 Å². The van der Waals surface area contributed by atoms with Gasteiger partial charge in [-0.3, -0.25) is 0 Å². The molecule has 0 atom stereocenters. The van der Waals surface area contributed by atoms with E-state index in [-0.39, 0.29) is 0 Å². The number of aromatic nitrogens is 1. The van der Waals surface area contributed by atoms with Crippen molar-refractivity contribution in [1.82, 2.24) is 4.98 Å². The van der Waals surface area contributed by atoms with Crippen LogP contribution in [0.15, 0.2) is 65.1 Å². The summed E-state index contributed by atoms with van der Waals surface area (Å²) in [5.74, 6) is 0.670. The molecule has 0 spiro atoms. The van der Waals surface area contributed by atoms with Crippen LogP contribution in [0.2, 0.25) is 5.02 Å². The largest absolute Gasteiger partial charge is 0.454 e. The van der Waals surface area contributed by atoms with E-state index < -0.39 is 0 Å². The minimum absolute atomic E-state index is 0.455. The van der Waals surface area contributed by atoms with Crippen LogP contribution in [-0.2, 0) is 0 Å². The molecule has 0 aliphatic heterocycles. The van der Waals surface area contributed by atoms with Gasteiger partial charge < -0.3 is 10.2 Å². The number of hydrogen-bond acceptors (Lipinski definition) is 5. The molecule has 0 unspecified atom stereocenters. The van der Waals surface area contributed by atoms with Gasteiger partial charge in [0.05, 0.1) is 5.69 Å². The van der Waals surface area contributed by atoms with Gasteiger partial charge in [-0.2, -0.15) is 5.26 Å². The fourth-order valence-electron chi connectivity index (χ4n) is 3.30. The number of benzene rings is 2. The summed E-state index contributed by atoms with van der Waals surface area (Å²) in [5, 5.41) is 11.9. The SMILES string of the molecule is N#Cc1sc2nc(-c3cc4ccccc4o3)cc(-c3ccc(Cl)cc3)c2c1N. The number of nitrogen functional groups attached to an aromatic ring is 1. The van der Waals surface area contributed by atoms with Gasteiger partial charge in [0, 0.05) is 15.8 Å². The Hall–Kier alpha value is -3.33. The minimum atomic E-state index is 0.455. The van der Waals surface area contributed by atoms with Gasteiger partial charge in [0.15, 0.2) is 5.76 Å². The van der Waals surface area contributed by atoms with Crippen molar-refractivity contribution in [2.45, 2.75) is 0 Å². The number of fused-ring (bicyclic) bond motifs is 2. The van der Waals surface area contributed by atoms with Crippen LogP contribution in [-0.4, -0.2) is 4.98 Å². The second-order valence-corrected chi connectivity index (χ2v) is 7.78. The number of rotatable bonds is 2. The zero-order valence-electron chi connectivity index (χ0n) is 14.4. The lowest BCUT2D eigenvalue weighted by Gasteiger charge is -2.07. The smallest absolute Gasteiger partial charge is 0.153 e. The maximum atomic E-state index is 9.42. The van der Waals surface area contributed by atoms with Gasteiger partial charge in [0.2, 0.25) is 0 Å². The zero-order valence-corrected chi connectivity index (χ0v) is 16.0. The van der Waals surface area contributed by atoms with Crippen molar-refractivity contribution < 1.29 is 4.42 Å². The van der Waals surface area contributed by atoms with Gasteiger partial charge in [-0.15, -0.1) is 11.3 Å². The fourth-order valence-corrected chi connectivity index (χ4v) is 4.34. The normalized spacial score (nSPS) is 11.1. The first-order valence-electron chi connectivity index (χ1n) is 8.52. The van der Waals surface area contributed by atoms with Gasteiger partial charge in [0.25, 0.3) is 0 Å². The van der Waals surface area contributed by atoms with Crippen molar-refractivity contribution in [1.29, 1.82) is 5.26 Å². The molecule has 0 saturated heterocycles. The molecular formula is C22H12ClN3OS. The molecule has 0 radical (unpaired) electrons. The minimum Gasteiger partial charge on any atom is -0.454 e. The number of thiophene rings is 1. The lowest BCUT2D eigenvalue weighted by Crippen LogP contribution is -1.90. The van der Waals surface area contributed by atoms with E-state index in [4.69, 9.17) is 26.7 Å². The first kappa shape index (κ1) is 16.8. The molecule has 0 amide bonds. The van der Waals surface area contributed by atoms with E-state index in [1.54, 1.807) is 0 Å². The van der Waals surface area contributed by atoms with Gasteiger partial charge in [-0.25, -0.2) is 4.98 Å². The van der Waals surface area contributed by atoms with Crippen LogP contribution in [0.25, 0.3) is 43.8 Å². The molecule has 0 fully saturated rings. The summed E-state index contributed by atoms with van der Waals surface area (Å²) in [5.41, 5.74) is 10.1. The Labute approximate surface area is 169 Å². The number of halogens is 1. The predicted molar refractivity (Wildman–Crippen MR) is 114 cm³/mol. The van der Waals surface area contributed by atoms with Crippen LogP contribution in [0.3, 0.4) is 0 Å². The molecule has 2 aromatic carbocycles. The Morgan fingerprint density at radius 3 is 2.61 bits per heavy atom. The number of para-hydroxylation sites is 1. The zero-order chi connectivity index (χ0) is 19.3. The van der Waals surface area contributed by atoms with Crippen molar-refractivity contribution in [3.05, 3.63) is 70.6 Å². The summed E-state index contributed by atoms with van der Waals surface area (Å²) in [6.07, 6.45) is 0. The molecular weight excluding hydrogens is 390 g/mol. The van der Waals surface area contributed by atoms with Crippen LogP contribution >= 0.6 is 22.9 Å². The van der Waals surface area contributed by atoms with Gasteiger partial charge >= 0.3 is 0 Å². The Bertz CT molecular complexity index is 1360. The van der Waals surface area contributed by atoms with Crippen molar-refractivity contribution in [2.24, 2.45) is 0 Å². The number of hydrogen-bond donors (Lipinski definition) is 1. The number of nitrogens with two attached hydrogens (primary N) is 1. The highest BCUT2D eigenvalue weighted by atomic mass is 35.5. The number of furan rings is 1. The lowest BCUT2D eigenvalue weighted by atomic mass is 10.0. The first-order chi connectivity index (χ1) is 13.6. The second kappa shape index (κ2) is 6.38. The highest BCUT2D eigenvalue weighted by Crippen LogP contribution is 2.41. The summed E-state index contributed by atoms with van der Waals surface area (Å²) >= 11 is 7.34. The summed E-state index contributed by atoms with van der Waals surface area (Å²) in [6.45, 7) is 0. The standard InChI is InChI=1S/C22H12ClN3OS/c23-14-7-5-12(6-8-14)15-10-16(18-9-13-3-1-2-4-17(13)27-18)26-22-20(15)21(25)19(11-24)28-22/h1-10H,25H2. The average molecular weight is 402 g/mol. The molecule has 6 heteroatoms. The van der Waals surface area contributed by atoms with Crippen LogP contribution in [0.1, 0.15) is 4.88 Å². The third-order valence-electron chi connectivity index (χ3n) is 4.63. The van der Waals surface area contributed by atoms with Crippen molar-refractivity contribution >= 4 is 49.8 Å². The molecule has 3 heterocycles. The highest BCUT2D eigenvalue weighted by Gasteiger charge is 2.19. The number of nitriles is 1. The molecule has 2 N–H and O–H groups in total. The van der Waals surface area contributed by atoms with E-state index >= 15 is 0 Å². The van der Waals surface area contributed by atoms with E-state index in [1.807, 2.05) is 60.7 Å². The summed E-state index contributed by atoms with van der Waals surface area (Å²) in [7, 11) is 0. The van der Waals surface area contributed by atoms with Gasteiger partial charge in [0.1, 0.15) is 27.1 Å². The lowest BCUT2D eigenvalue weighted by molar-refractivity contribution is 0.629. The Kier molecular flexibility index (Phi) is 3.83. The third kappa shape index (κ3) is 2.63. The van der Waals surface area contributed by atoms with Crippen molar-refractivity contribution in [3.63, 3.8) is 0 Å². The molecule has 4 nitrogen and oxygen atoms in total. The third-order valence-corrected chi connectivity index (χ3v) is 5.89.